The quantitative estimate of drug-likeness (QED) is 0.855. The van der Waals surface area contributed by atoms with Gasteiger partial charge < -0.3 is 10.7 Å². The normalized spacial score (nSPS) is 27.3. The van der Waals surface area contributed by atoms with E-state index in [9.17, 15) is 0 Å². The second-order valence-corrected chi connectivity index (χ2v) is 6.19. The van der Waals surface area contributed by atoms with Crippen molar-refractivity contribution < 1.29 is 0 Å². The van der Waals surface area contributed by atoms with Crippen LogP contribution in [0.5, 0.6) is 0 Å². The van der Waals surface area contributed by atoms with Crippen LogP contribution in [-0.2, 0) is 0 Å². The van der Waals surface area contributed by atoms with Gasteiger partial charge in [0.15, 0.2) is 0 Å². The molecule has 3 rings (SSSR count). The fraction of sp³-hybridized carbons (Fsp3) is 0.625. The van der Waals surface area contributed by atoms with E-state index in [2.05, 4.69) is 53.0 Å². The second-order valence-electron chi connectivity index (χ2n) is 6.19. The first kappa shape index (κ1) is 12.9. The molecule has 0 aliphatic carbocycles. The summed E-state index contributed by atoms with van der Waals surface area (Å²) in [6.07, 6.45) is 4.04. The Labute approximate surface area is 116 Å². The predicted molar refractivity (Wildman–Crippen MR) is 80.0 cm³/mol. The number of hydrogen-bond acceptors (Lipinski definition) is 3. The lowest BCUT2D eigenvalue weighted by Gasteiger charge is -2.49. The van der Waals surface area contributed by atoms with Crippen LogP contribution in [0.25, 0.3) is 0 Å². The molecule has 2 saturated heterocycles. The molecule has 1 spiro atoms. The van der Waals surface area contributed by atoms with Crippen molar-refractivity contribution >= 4 is 5.69 Å². The first-order chi connectivity index (χ1) is 9.28. The van der Waals surface area contributed by atoms with E-state index in [1.54, 1.807) is 0 Å². The molecule has 0 radical (unpaired) electrons. The van der Waals surface area contributed by atoms with Crippen LogP contribution in [0.15, 0.2) is 30.3 Å². The van der Waals surface area contributed by atoms with E-state index in [-0.39, 0.29) is 0 Å². The Morgan fingerprint density at radius 2 is 1.89 bits per heavy atom. The molecule has 0 amide bonds. The summed E-state index contributed by atoms with van der Waals surface area (Å²) in [6.45, 7) is 7.17. The van der Waals surface area contributed by atoms with Crippen molar-refractivity contribution in [3.8, 4) is 0 Å². The molecule has 0 saturated carbocycles. The number of nitrogens with one attached hydrogen (secondary N) is 2. The highest BCUT2D eigenvalue weighted by molar-refractivity contribution is 5.41. The van der Waals surface area contributed by atoms with Crippen LogP contribution in [-0.4, -0.2) is 31.2 Å². The molecule has 2 heterocycles. The Morgan fingerprint density at radius 1 is 1.16 bits per heavy atom. The third-order valence-electron chi connectivity index (χ3n) is 5.08. The number of para-hydroxylation sites is 1. The van der Waals surface area contributed by atoms with Gasteiger partial charge in [-0.15, -0.1) is 0 Å². The SMILES string of the molecule is CC1CN(Nc2ccccc2)CCC12CCNCC2. The largest absolute Gasteiger partial charge is 0.319 e. The molecule has 1 unspecified atom stereocenters. The van der Waals surface area contributed by atoms with E-state index < -0.39 is 0 Å². The smallest absolute Gasteiger partial charge is 0.0490 e. The Hall–Kier alpha value is -1.06. The number of nitrogens with zero attached hydrogens (tertiary/aromatic N) is 1. The molecule has 1 atom stereocenters. The van der Waals surface area contributed by atoms with Crippen LogP contribution >= 0.6 is 0 Å². The number of hydrazine groups is 1. The van der Waals surface area contributed by atoms with E-state index in [1.807, 2.05) is 0 Å². The van der Waals surface area contributed by atoms with Gasteiger partial charge in [-0.05, 0) is 55.8 Å². The lowest BCUT2D eigenvalue weighted by atomic mass is 9.66. The standard InChI is InChI=1S/C16H25N3/c1-14-13-19(18-15-5-3-2-4-6-15)12-9-16(14)7-10-17-11-8-16/h2-6,14,17-18H,7-13H2,1H3. The van der Waals surface area contributed by atoms with Gasteiger partial charge in [-0.2, -0.15) is 0 Å². The zero-order valence-corrected chi connectivity index (χ0v) is 11.9. The minimum Gasteiger partial charge on any atom is -0.319 e. The molecule has 3 nitrogen and oxygen atoms in total. The van der Waals surface area contributed by atoms with Crippen molar-refractivity contribution in [2.75, 3.05) is 31.6 Å². The van der Waals surface area contributed by atoms with E-state index >= 15 is 0 Å². The van der Waals surface area contributed by atoms with Crippen molar-refractivity contribution in [1.82, 2.24) is 10.3 Å². The first-order valence-electron chi connectivity index (χ1n) is 7.56. The van der Waals surface area contributed by atoms with Gasteiger partial charge >= 0.3 is 0 Å². The van der Waals surface area contributed by atoms with Crippen LogP contribution in [0.3, 0.4) is 0 Å². The maximum Gasteiger partial charge on any atom is 0.0490 e. The van der Waals surface area contributed by atoms with Crippen LogP contribution in [0.4, 0.5) is 5.69 Å². The lowest BCUT2D eigenvalue weighted by Crippen LogP contribution is -2.52. The maximum absolute atomic E-state index is 3.55. The van der Waals surface area contributed by atoms with Crippen LogP contribution in [0.2, 0.25) is 0 Å². The van der Waals surface area contributed by atoms with Gasteiger partial charge in [0, 0.05) is 18.8 Å². The molecule has 0 aromatic heterocycles. The molecule has 1 aromatic carbocycles. The molecule has 2 aliphatic heterocycles. The zero-order chi connectivity index (χ0) is 13.1. The number of anilines is 1. The lowest BCUT2D eigenvalue weighted by molar-refractivity contribution is 0.0273. The number of hydrogen-bond donors (Lipinski definition) is 2. The fourth-order valence-electron chi connectivity index (χ4n) is 3.68. The molecule has 1 aromatic rings. The zero-order valence-electron chi connectivity index (χ0n) is 11.9. The summed E-state index contributed by atoms with van der Waals surface area (Å²) in [7, 11) is 0. The molecule has 2 aliphatic rings. The average molecular weight is 259 g/mol. The Balaban J connectivity index is 1.61. The maximum atomic E-state index is 3.55. The molecule has 2 N–H and O–H groups in total. The molecule has 3 heteroatoms. The van der Waals surface area contributed by atoms with Crippen LogP contribution in [0.1, 0.15) is 26.2 Å². The highest BCUT2D eigenvalue weighted by Gasteiger charge is 2.41. The Bertz CT molecular complexity index is 398. The van der Waals surface area contributed by atoms with Gasteiger partial charge in [-0.1, -0.05) is 25.1 Å². The average Bonchev–Trinajstić information content (AvgIpc) is 2.46. The number of benzene rings is 1. The van der Waals surface area contributed by atoms with Gasteiger partial charge in [-0.3, -0.25) is 0 Å². The van der Waals surface area contributed by atoms with Gasteiger partial charge in [0.05, 0.1) is 0 Å². The molecular weight excluding hydrogens is 234 g/mol. The Morgan fingerprint density at radius 3 is 2.58 bits per heavy atom. The monoisotopic (exact) mass is 259 g/mol. The van der Waals surface area contributed by atoms with Gasteiger partial charge in [0.25, 0.3) is 0 Å². The van der Waals surface area contributed by atoms with Gasteiger partial charge in [-0.25, -0.2) is 5.01 Å². The number of piperidine rings is 2. The minimum atomic E-state index is 0.597. The van der Waals surface area contributed by atoms with Gasteiger partial charge in [0.1, 0.15) is 0 Å². The molecule has 0 bridgehead atoms. The third-order valence-corrected chi connectivity index (χ3v) is 5.08. The van der Waals surface area contributed by atoms with E-state index in [0.717, 1.165) is 12.5 Å². The second kappa shape index (κ2) is 5.51. The van der Waals surface area contributed by atoms with E-state index in [0.29, 0.717) is 5.41 Å². The Kier molecular flexibility index (Phi) is 3.76. The fourth-order valence-corrected chi connectivity index (χ4v) is 3.68. The molecule has 104 valence electrons. The summed E-state index contributed by atoms with van der Waals surface area (Å²) in [5, 5.41) is 5.89. The molecule has 19 heavy (non-hydrogen) atoms. The van der Waals surface area contributed by atoms with Crippen molar-refractivity contribution in [2.24, 2.45) is 11.3 Å². The van der Waals surface area contributed by atoms with Crippen molar-refractivity contribution in [3.63, 3.8) is 0 Å². The third kappa shape index (κ3) is 2.77. The molecule has 2 fully saturated rings. The predicted octanol–water partition coefficient (Wildman–Crippen LogP) is 2.73. The van der Waals surface area contributed by atoms with Gasteiger partial charge in [0.2, 0.25) is 0 Å². The molecular formula is C16H25N3. The summed E-state index contributed by atoms with van der Waals surface area (Å²) in [5.41, 5.74) is 5.35. The first-order valence-corrected chi connectivity index (χ1v) is 7.56. The number of rotatable bonds is 2. The summed E-state index contributed by atoms with van der Waals surface area (Å²) in [5.74, 6) is 0.777. The minimum absolute atomic E-state index is 0.597. The van der Waals surface area contributed by atoms with Crippen molar-refractivity contribution in [3.05, 3.63) is 30.3 Å². The highest BCUT2D eigenvalue weighted by atomic mass is 15.5. The van der Waals surface area contributed by atoms with Crippen molar-refractivity contribution in [1.29, 1.82) is 0 Å². The summed E-state index contributed by atoms with van der Waals surface area (Å²) in [4.78, 5) is 0. The summed E-state index contributed by atoms with van der Waals surface area (Å²) >= 11 is 0. The van der Waals surface area contributed by atoms with Crippen LogP contribution < -0.4 is 10.7 Å². The summed E-state index contributed by atoms with van der Waals surface area (Å²) < 4.78 is 0. The van der Waals surface area contributed by atoms with Crippen LogP contribution in [0, 0.1) is 11.3 Å². The van der Waals surface area contributed by atoms with E-state index in [4.69, 9.17) is 0 Å². The highest BCUT2D eigenvalue weighted by Crippen LogP contribution is 2.43. The van der Waals surface area contributed by atoms with E-state index in [1.165, 1.54) is 44.6 Å². The summed E-state index contributed by atoms with van der Waals surface area (Å²) in [6, 6.07) is 10.5. The van der Waals surface area contributed by atoms with Crippen molar-refractivity contribution in [2.45, 2.75) is 26.2 Å². The topological polar surface area (TPSA) is 27.3 Å².